The number of carbonyl (C=O) groups is 1. The fourth-order valence-corrected chi connectivity index (χ4v) is 2.04. The summed E-state index contributed by atoms with van der Waals surface area (Å²) in [5.41, 5.74) is 0.984. The van der Waals surface area contributed by atoms with Crippen LogP contribution in [0.3, 0.4) is 0 Å². The van der Waals surface area contributed by atoms with Gasteiger partial charge in [0.05, 0.1) is 0 Å². The van der Waals surface area contributed by atoms with Crippen molar-refractivity contribution in [3.8, 4) is 0 Å². The molecule has 1 unspecified atom stereocenters. The molecule has 98 valence electrons. The van der Waals surface area contributed by atoms with Crippen molar-refractivity contribution in [2.45, 2.75) is 26.8 Å². The third-order valence-electron chi connectivity index (χ3n) is 3.05. The van der Waals surface area contributed by atoms with Gasteiger partial charge in [-0.1, -0.05) is 0 Å². The lowest BCUT2D eigenvalue weighted by Gasteiger charge is -2.34. The molecule has 0 aromatic carbocycles. The number of aryl methyl sites for hydroxylation is 1. The molecule has 0 aliphatic carbocycles. The van der Waals surface area contributed by atoms with Crippen molar-refractivity contribution in [3.63, 3.8) is 0 Å². The van der Waals surface area contributed by atoms with Crippen molar-refractivity contribution in [1.29, 1.82) is 0 Å². The minimum absolute atomic E-state index is 0.0456. The van der Waals surface area contributed by atoms with Crippen LogP contribution in [-0.2, 0) is 4.79 Å². The Labute approximate surface area is 107 Å². The Bertz CT molecular complexity index is 448. The predicted octanol–water partition coefficient (Wildman–Crippen LogP) is 0.542. The number of hydrogen-bond acceptors (Lipinski definition) is 5. The molecule has 6 heteroatoms. The molecule has 0 radical (unpaired) electrons. The van der Waals surface area contributed by atoms with E-state index in [4.69, 9.17) is 0 Å². The van der Waals surface area contributed by atoms with Gasteiger partial charge in [0.15, 0.2) is 0 Å². The molecule has 2 heterocycles. The van der Waals surface area contributed by atoms with Crippen LogP contribution in [0.15, 0.2) is 6.20 Å². The number of nitrogens with one attached hydrogen (secondary N) is 2. The van der Waals surface area contributed by atoms with Crippen LogP contribution in [0.4, 0.5) is 11.8 Å². The van der Waals surface area contributed by atoms with Crippen LogP contribution < -0.4 is 15.5 Å². The molecule has 6 nitrogen and oxygen atoms in total. The summed E-state index contributed by atoms with van der Waals surface area (Å²) in [5.74, 6) is 1.49. The maximum absolute atomic E-state index is 11.7. The highest BCUT2D eigenvalue weighted by Gasteiger charge is 2.27. The maximum Gasteiger partial charge on any atom is 0.242 e. The molecule has 1 aromatic rings. The molecule has 1 saturated heterocycles. The van der Waals surface area contributed by atoms with Crippen LogP contribution >= 0.6 is 0 Å². The highest BCUT2D eigenvalue weighted by Crippen LogP contribution is 2.21. The standard InChI is InChI=1S/C12H19N5O/c1-4-13-12-15-7-8(2)10(16-12)17-6-5-14-11(18)9(17)3/h7,9H,4-6H2,1-3H3,(H,14,18)(H,13,15,16). The summed E-state index contributed by atoms with van der Waals surface area (Å²) in [7, 11) is 0. The number of hydrogen-bond donors (Lipinski definition) is 2. The van der Waals surface area contributed by atoms with E-state index in [1.54, 1.807) is 6.20 Å². The highest BCUT2D eigenvalue weighted by molar-refractivity contribution is 5.86. The number of carbonyl (C=O) groups excluding carboxylic acids is 1. The third-order valence-corrected chi connectivity index (χ3v) is 3.05. The summed E-state index contributed by atoms with van der Waals surface area (Å²) in [5, 5.41) is 5.94. The molecule has 0 spiro atoms. The molecule has 0 bridgehead atoms. The van der Waals surface area contributed by atoms with Gasteiger partial charge in [0.25, 0.3) is 0 Å². The Morgan fingerprint density at radius 1 is 1.61 bits per heavy atom. The average molecular weight is 249 g/mol. The number of nitrogens with zero attached hydrogens (tertiary/aromatic N) is 3. The fraction of sp³-hybridized carbons (Fsp3) is 0.583. The maximum atomic E-state index is 11.7. The molecular weight excluding hydrogens is 230 g/mol. The number of aromatic nitrogens is 2. The molecule has 1 aliphatic rings. The Morgan fingerprint density at radius 2 is 2.39 bits per heavy atom. The second kappa shape index (κ2) is 5.20. The lowest BCUT2D eigenvalue weighted by atomic mass is 10.2. The Balaban J connectivity index is 2.30. The molecule has 1 aliphatic heterocycles. The van der Waals surface area contributed by atoms with E-state index in [-0.39, 0.29) is 11.9 Å². The second-order valence-electron chi connectivity index (χ2n) is 4.39. The van der Waals surface area contributed by atoms with Gasteiger partial charge >= 0.3 is 0 Å². The number of anilines is 2. The molecule has 18 heavy (non-hydrogen) atoms. The Hall–Kier alpha value is -1.85. The summed E-state index contributed by atoms with van der Waals surface area (Å²) in [6.45, 7) is 8.06. The summed E-state index contributed by atoms with van der Waals surface area (Å²) in [6, 6.07) is -0.193. The van der Waals surface area contributed by atoms with Gasteiger partial charge in [-0.2, -0.15) is 4.98 Å². The Morgan fingerprint density at radius 3 is 3.11 bits per heavy atom. The number of piperazine rings is 1. The van der Waals surface area contributed by atoms with E-state index in [0.29, 0.717) is 12.5 Å². The molecule has 2 N–H and O–H groups in total. The zero-order chi connectivity index (χ0) is 13.1. The average Bonchev–Trinajstić information content (AvgIpc) is 2.36. The molecule has 1 aromatic heterocycles. The lowest BCUT2D eigenvalue weighted by molar-refractivity contribution is -0.122. The SMILES string of the molecule is CCNc1ncc(C)c(N2CCNC(=O)C2C)n1. The predicted molar refractivity (Wildman–Crippen MR) is 70.8 cm³/mol. The van der Waals surface area contributed by atoms with Crippen molar-refractivity contribution in [2.24, 2.45) is 0 Å². The van der Waals surface area contributed by atoms with Crippen LogP contribution in [0.2, 0.25) is 0 Å². The van der Waals surface area contributed by atoms with Gasteiger partial charge in [0.1, 0.15) is 11.9 Å². The zero-order valence-corrected chi connectivity index (χ0v) is 11.0. The van der Waals surface area contributed by atoms with Crippen LogP contribution in [0.25, 0.3) is 0 Å². The molecule has 1 atom stereocenters. The fourth-order valence-electron chi connectivity index (χ4n) is 2.04. The normalized spacial score (nSPS) is 19.6. The largest absolute Gasteiger partial charge is 0.354 e. The number of rotatable bonds is 3. The first-order chi connectivity index (χ1) is 8.63. The van der Waals surface area contributed by atoms with E-state index in [2.05, 4.69) is 20.6 Å². The molecular formula is C12H19N5O. The van der Waals surface area contributed by atoms with E-state index in [9.17, 15) is 4.79 Å². The first kappa shape index (κ1) is 12.6. The summed E-state index contributed by atoms with van der Waals surface area (Å²) >= 11 is 0. The summed E-state index contributed by atoms with van der Waals surface area (Å²) in [6.07, 6.45) is 1.79. The highest BCUT2D eigenvalue weighted by atomic mass is 16.2. The smallest absolute Gasteiger partial charge is 0.242 e. The van der Waals surface area contributed by atoms with Crippen LogP contribution in [-0.4, -0.2) is 41.6 Å². The third kappa shape index (κ3) is 2.37. The zero-order valence-electron chi connectivity index (χ0n) is 11.0. The van der Waals surface area contributed by atoms with Crippen molar-refractivity contribution >= 4 is 17.7 Å². The molecule has 1 amide bonds. The van der Waals surface area contributed by atoms with Gasteiger partial charge in [-0.05, 0) is 20.8 Å². The second-order valence-corrected chi connectivity index (χ2v) is 4.39. The van der Waals surface area contributed by atoms with E-state index in [1.807, 2.05) is 25.7 Å². The van der Waals surface area contributed by atoms with Gasteiger partial charge < -0.3 is 15.5 Å². The monoisotopic (exact) mass is 249 g/mol. The summed E-state index contributed by atoms with van der Waals surface area (Å²) < 4.78 is 0. The van der Waals surface area contributed by atoms with Crippen molar-refractivity contribution in [3.05, 3.63) is 11.8 Å². The van der Waals surface area contributed by atoms with Gasteiger partial charge in [-0.3, -0.25) is 4.79 Å². The van der Waals surface area contributed by atoms with E-state index in [1.165, 1.54) is 0 Å². The summed E-state index contributed by atoms with van der Waals surface area (Å²) in [4.78, 5) is 22.4. The minimum Gasteiger partial charge on any atom is -0.354 e. The van der Waals surface area contributed by atoms with E-state index >= 15 is 0 Å². The Kier molecular flexibility index (Phi) is 3.64. The number of amides is 1. The minimum atomic E-state index is -0.193. The van der Waals surface area contributed by atoms with Gasteiger partial charge in [-0.25, -0.2) is 4.98 Å². The lowest BCUT2D eigenvalue weighted by Crippen LogP contribution is -2.54. The van der Waals surface area contributed by atoms with Crippen molar-refractivity contribution < 1.29 is 4.79 Å². The first-order valence-electron chi connectivity index (χ1n) is 6.25. The van der Waals surface area contributed by atoms with Crippen molar-refractivity contribution in [2.75, 3.05) is 29.9 Å². The first-order valence-corrected chi connectivity index (χ1v) is 6.25. The van der Waals surface area contributed by atoms with Gasteiger partial charge in [-0.15, -0.1) is 0 Å². The van der Waals surface area contributed by atoms with Crippen LogP contribution in [0.1, 0.15) is 19.4 Å². The molecule has 0 saturated carbocycles. The van der Waals surface area contributed by atoms with Crippen molar-refractivity contribution in [1.82, 2.24) is 15.3 Å². The van der Waals surface area contributed by atoms with Crippen LogP contribution in [0, 0.1) is 6.92 Å². The van der Waals surface area contributed by atoms with Gasteiger partial charge in [0.2, 0.25) is 11.9 Å². The molecule has 2 rings (SSSR count). The van der Waals surface area contributed by atoms with E-state index in [0.717, 1.165) is 24.5 Å². The quantitative estimate of drug-likeness (QED) is 0.818. The molecule has 1 fully saturated rings. The topological polar surface area (TPSA) is 70.2 Å². The van der Waals surface area contributed by atoms with E-state index < -0.39 is 0 Å². The van der Waals surface area contributed by atoms with Gasteiger partial charge in [0, 0.05) is 31.4 Å². The van der Waals surface area contributed by atoms with Crippen LogP contribution in [0.5, 0.6) is 0 Å².